The molecule has 4 nitrogen and oxygen atoms in total. The zero-order valence-electron chi connectivity index (χ0n) is 11.0. The summed E-state index contributed by atoms with van der Waals surface area (Å²) in [6, 6.07) is 7.36. The highest BCUT2D eigenvalue weighted by Crippen LogP contribution is 2.08. The van der Waals surface area contributed by atoms with Gasteiger partial charge in [-0.25, -0.2) is 4.79 Å². The molecule has 4 heteroatoms. The number of hydrogen-bond acceptors (Lipinski definition) is 3. The van der Waals surface area contributed by atoms with Crippen molar-refractivity contribution in [1.82, 2.24) is 5.32 Å². The Kier molecular flexibility index (Phi) is 5.36. The van der Waals surface area contributed by atoms with Gasteiger partial charge in [0, 0.05) is 13.3 Å². The number of carbonyl (C=O) groups is 2. The van der Waals surface area contributed by atoms with Gasteiger partial charge in [-0.2, -0.15) is 0 Å². The summed E-state index contributed by atoms with van der Waals surface area (Å²) in [7, 11) is 1.32. The van der Waals surface area contributed by atoms with Gasteiger partial charge in [0.25, 0.3) is 0 Å². The van der Waals surface area contributed by atoms with E-state index in [4.69, 9.17) is 0 Å². The molecule has 1 unspecified atom stereocenters. The molecule has 1 atom stereocenters. The van der Waals surface area contributed by atoms with Crippen LogP contribution in [0.5, 0.6) is 0 Å². The van der Waals surface area contributed by atoms with Gasteiger partial charge in [0.2, 0.25) is 5.91 Å². The summed E-state index contributed by atoms with van der Waals surface area (Å²) in [6.45, 7) is 3.47. The fourth-order valence-electron chi connectivity index (χ4n) is 1.73. The fraction of sp³-hybridized carbons (Fsp3) is 0.429. The van der Waals surface area contributed by atoms with Crippen LogP contribution in [0.1, 0.15) is 25.0 Å². The van der Waals surface area contributed by atoms with E-state index in [1.165, 1.54) is 19.6 Å². The van der Waals surface area contributed by atoms with Crippen molar-refractivity contribution in [3.63, 3.8) is 0 Å². The van der Waals surface area contributed by atoms with E-state index in [0.717, 1.165) is 12.0 Å². The minimum absolute atomic E-state index is 0.240. The number of aryl methyl sites for hydroxylation is 1. The summed E-state index contributed by atoms with van der Waals surface area (Å²) < 4.78 is 4.68. The monoisotopic (exact) mass is 249 g/mol. The van der Waals surface area contributed by atoms with Gasteiger partial charge >= 0.3 is 5.97 Å². The van der Waals surface area contributed by atoms with Crippen LogP contribution in [-0.2, 0) is 27.2 Å². The van der Waals surface area contributed by atoms with Gasteiger partial charge in [-0.3, -0.25) is 4.79 Å². The van der Waals surface area contributed by atoms with Crippen LogP contribution in [0.25, 0.3) is 0 Å². The summed E-state index contributed by atoms with van der Waals surface area (Å²) in [4.78, 5) is 22.6. The van der Waals surface area contributed by atoms with E-state index in [1.54, 1.807) is 0 Å². The first kappa shape index (κ1) is 14.2. The Balaban J connectivity index is 2.75. The molecular weight excluding hydrogens is 230 g/mol. The van der Waals surface area contributed by atoms with Gasteiger partial charge in [-0.1, -0.05) is 31.2 Å². The second-order valence-corrected chi connectivity index (χ2v) is 4.15. The Labute approximate surface area is 107 Å². The maximum absolute atomic E-state index is 11.5. The lowest BCUT2D eigenvalue weighted by Gasteiger charge is -2.15. The Bertz CT molecular complexity index is 412. The van der Waals surface area contributed by atoms with E-state index < -0.39 is 12.0 Å². The minimum atomic E-state index is -0.625. The molecule has 0 aromatic heterocycles. The second-order valence-electron chi connectivity index (χ2n) is 4.15. The van der Waals surface area contributed by atoms with Crippen LogP contribution >= 0.6 is 0 Å². The van der Waals surface area contributed by atoms with E-state index in [1.807, 2.05) is 24.3 Å². The lowest BCUT2D eigenvalue weighted by molar-refractivity contribution is -0.144. The predicted molar refractivity (Wildman–Crippen MR) is 69.1 cm³/mol. The summed E-state index contributed by atoms with van der Waals surface area (Å²) in [5.74, 6) is -0.666. The molecule has 1 amide bonds. The fourth-order valence-corrected chi connectivity index (χ4v) is 1.73. The normalized spacial score (nSPS) is 11.7. The molecule has 0 radical (unpaired) electrons. The van der Waals surface area contributed by atoms with Crippen LogP contribution in [0, 0.1) is 0 Å². The Hall–Kier alpha value is -1.84. The molecule has 0 saturated carbocycles. The SMILES string of the molecule is CCc1ccc(CC(NC(C)=O)C(=O)OC)cc1. The van der Waals surface area contributed by atoms with Gasteiger partial charge in [0.15, 0.2) is 0 Å². The molecule has 0 heterocycles. The highest BCUT2D eigenvalue weighted by atomic mass is 16.5. The topological polar surface area (TPSA) is 55.4 Å². The van der Waals surface area contributed by atoms with E-state index in [2.05, 4.69) is 17.0 Å². The smallest absolute Gasteiger partial charge is 0.328 e. The highest BCUT2D eigenvalue weighted by Gasteiger charge is 2.20. The van der Waals surface area contributed by atoms with Crippen molar-refractivity contribution in [1.29, 1.82) is 0 Å². The van der Waals surface area contributed by atoms with Crippen molar-refractivity contribution in [3.05, 3.63) is 35.4 Å². The minimum Gasteiger partial charge on any atom is -0.467 e. The van der Waals surface area contributed by atoms with E-state index >= 15 is 0 Å². The molecule has 98 valence electrons. The summed E-state index contributed by atoms with van der Waals surface area (Å²) in [6.07, 6.45) is 1.42. The molecule has 0 bridgehead atoms. The van der Waals surface area contributed by atoms with Crippen molar-refractivity contribution in [2.75, 3.05) is 7.11 Å². The largest absolute Gasteiger partial charge is 0.467 e. The second kappa shape index (κ2) is 6.79. The molecule has 1 aromatic carbocycles. The van der Waals surface area contributed by atoms with Crippen LogP contribution in [0.15, 0.2) is 24.3 Å². The van der Waals surface area contributed by atoms with Crippen LogP contribution in [0.4, 0.5) is 0 Å². The summed E-state index contributed by atoms with van der Waals surface area (Å²) in [5.41, 5.74) is 2.24. The molecular formula is C14H19NO3. The molecule has 0 saturated heterocycles. The first-order valence-corrected chi connectivity index (χ1v) is 5.99. The lowest BCUT2D eigenvalue weighted by Crippen LogP contribution is -2.41. The number of hydrogen-bond donors (Lipinski definition) is 1. The molecule has 1 rings (SSSR count). The van der Waals surface area contributed by atoms with Gasteiger partial charge < -0.3 is 10.1 Å². The van der Waals surface area contributed by atoms with Crippen molar-refractivity contribution in [2.24, 2.45) is 0 Å². The average Bonchev–Trinajstić information content (AvgIpc) is 2.37. The maximum Gasteiger partial charge on any atom is 0.328 e. The van der Waals surface area contributed by atoms with Crippen LogP contribution in [-0.4, -0.2) is 25.0 Å². The number of benzene rings is 1. The van der Waals surface area contributed by atoms with Crippen molar-refractivity contribution in [2.45, 2.75) is 32.7 Å². The third kappa shape index (κ3) is 4.20. The van der Waals surface area contributed by atoms with Crippen LogP contribution in [0.3, 0.4) is 0 Å². The number of ether oxygens (including phenoxy) is 1. The van der Waals surface area contributed by atoms with Gasteiger partial charge in [-0.05, 0) is 17.5 Å². The number of rotatable bonds is 5. The number of amides is 1. The number of carbonyl (C=O) groups excluding carboxylic acids is 2. The molecule has 0 spiro atoms. The van der Waals surface area contributed by atoms with Crippen molar-refractivity contribution in [3.8, 4) is 0 Å². The first-order chi connectivity index (χ1) is 8.56. The number of methoxy groups -OCH3 is 1. The summed E-state index contributed by atoms with van der Waals surface area (Å²) in [5, 5.41) is 2.59. The Morgan fingerprint density at radius 1 is 1.22 bits per heavy atom. The van der Waals surface area contributed by atoms with Crippen molar-refractivity contribution >= 4 is 11.9 Å². The third-order valence-electron chi connectivity index (χ3n) is 2.73. The predicted octanol–water partition coefficient (Wildman–Crippen LogP) is 1.47. The van der Waals surface area contributed by atoms with E-state index in [9.17, 15) is 9.59 Å². The highest BCUT2D eigenvalue weighted by molar-refractivity contribution is 5.83. The first-order valence-electron chi connectivity index (χ1n) is 5.99. The quantitative estimate of drug-likeness (QED) is 0.804. The zero-order valence-corrected chi connectivity index (χ0v) is 11.0. The van der Waals surface area contributed by atoms with Crippen LogP contribution < -0.4 is 5.32 Å². The van der Waals surface area contributed by atoms with Gasteiger partial charge in [-0.15, -0.1) is 0 Å². The maximum atomic E-state index is 11.5. The summed E-state index contributed by atoms with van der Waals surface area (Å²) >= 11 is 0. The van der Waals surface area contributed by atoms with Crippen LogP contribution in [0.2, 0.25) is 0 Å². The molecule has 0 aliphatic carbocycles. The molecule has 18 heavy (non-hydrogen) atoms. The Morgan fingerprint density at radius 2 is 1.78 bits per heavy atom. The van der Waals surface area contributed by atoms with Gasteiger partial charge in [0.05, 0.1) is 7.11 Å². The van der Waals surface area contributed by atoms with Gasteiger partial charge in [0.1, 0.15) is 6.04 Å². The molecule has 0 fully saturated rings. The van der Waals surface area contributed by atoms with E-state index in [0.29, 0.717) is 6.42 Å². The molecule has 0 aliphatic heterocycles. The third-order valence-corrected chi connectivity index (χ3v) is 2.73. The lowest BCUT2D eigenvalue weighted by atomic mass is 10.0. The molecule has 1 N–H and O–H groups in total. The van der Waals surface area contributed by atoms with E-state index in [-0.39, 0.29) is 5.91 Å². The van der Waals surface area contributed by atoms with Crippen molar-refractivity contribution < 1.29 is 14.3 Å². The Morgan fingerprint density at radius 3 is 2.22 bits per heavy atom. The average molecular weight is 249 g/mol. The standard InChI is InChI=1S/C14H19NO3/c1-4-11-5-7-12(8-6-11)9-13(14(17)18-3)15-10(2)16/h5-8,13H,4,9H2,1-3H3,(H,15,16). The zero-order chi connectivity index (χ0) is 13.5. The molecule has 0 aliphatic rings. The number of esters is 1. The number of nitrogens with one attached hydrogen (secondary N) is 1. The molecule has 1 aromatic rings.